The first kappa shape index (κ1) is 18.0. The topological polar surface area (TPSA) is 61.4 Å². The molecule has 0 aromatic heterocycles. The Hall–Kier alpha value is -0.0671. The summed E-state index contributed by atoms with van der Waals surface area (Å²) in [7, 11) is 0. The maximum atomic E-state index is 11.3. The zero-order chi connectivity index (χ0) is 15.0. The van der Waals surface area contributed by atoms with Gasteiger partial charge in [0, 0.05) is 0 Å². The zero-order valence-corrected chi connectivity index (χ0v) is 14.9. The molecule has 0 spiro atoms. The fourth-order valence-corrected chi connectivity index (χ4v) is 3.35. The van der Waals surface area contributed by atoms with Crippen molar-refractivity contribution in [1.29, 1.82) is 0 Å². The first-order chi connectivity index (χ1) is 9.52. The van der Waals surface area contributed by atoms with Gasteiger partial charge in [-0.1, -0.05) is 0 Å². The molecule has 1 fully saturated rings. The monoisotopic (exact) mass is 343 g/mol. The molecule has 0 aromatic rings. The van der Waals surface area contributed by atoms with Crippen molar-refractivity contribution >= 4 is 22.6 Å². The van der Waals surface area contributed by atoms with Gasteiger partial charge in [-0.25, -0.2) is 0 Å². The average molecular weight is 342 g/mol. The van der Waals surface area contributed by atoms with Crippen LogP contribution in [0.3, 0.4) is 0 Å². The Balaban J connectivity index is 2.46. The summed E-state index contributed by atoms with van der Waals surface area (Å²) in [6.07, 6.45) is 8.13. The van der Waals surface area contributed by atoms with E-state index in [-0.39, 0.29) is 11.9 Å². The molecular weight excluding hydrogens is 313 g/mol. The third-order valence-electron chi connectivity index (χ3n) is 4.13. The fraction of sp³-hybridized carbons (Fsp3) is 0.933. The molecule has 0 saturated heterocycles. The number of hydrogen-bond donors (Lipinski definition) is 3. The van der Waals surface area contributed by atoms with E-state index in [1.54, 1.807) is 16.7 Å². The van der Waals surface area contributed by atoms with Gasteiger partial charge in [-0.3, -0.25) is 0 Å². The van der Waals surface area contributed by atoms with Crippen LogP contribution in [0.15, 0.2) is 0 Å². The average Bonchev–Trinajstić information content (AvgIpc) is 2.44. The van der Waals surface area contributed by atoms with E-state index >= 15 is 0 Å². The standard InChI is InChI=1S/C15H29GeN2O2/c1-11(2)17-13(10-12-6-4-3-5-7-12)14(19)8-9-15(20)18-16/h11-14,17,19H,3-10H2,1-2H3,(H,18,20)/t13-,14-/m0/s1. The first-order valence-electron chi connectivity index (χ1n) is 7.92. The van der Waals surface area contributed by atoms with Crippen molar-refractivity contribution < 1.29 is 9.90 Å². The molecule has 0 aromatic carbocycles. The number of carbonyl (C=O) groups excluding carboxylic acids is 1. The molecule has 0 aliphatic heterocycles. The van der Waals surface area contributed by atoms with E-state index in [4.69, 9.17) is 0 Å². The van der Waals surface area contributed by atoms with E-state index in [2.05, 4.69) is 23.4 Å². The summed E-state index contributed by atoms with van der Waals surface area (Å²) >= 11 is 1.64. The van der Waals surface area contributed by atoms with Crippen molar-refractivity contribution in [2.24, 2.45) is 5.92 Å². The Bertz CT molecular complexity index is 281. The second-order valence-electron chi connectivity index (χ2n) is 6.32. The van der Waals surface area contributed by atoms with Gasteiger partial charge in [0.15, 0.2) is 0 Å². The summed E-state index contributed by atoms with van der Waals surface area (Å²) in [4.78, 5) is 11.3. The number of aliphatic hydroxyl groups is 1. The van der Waals surface area contributed by atoms with Crippen LogP contribution in [0.25, 0.3) is 0 Å². The van der Waals surface area contributed by atoms with Gasteiger partial charge in [0.05, 0.1) is 0 Å². The zero-order valence-electron chi connectivity index (χ0n) is 12.8. The quantitative estimate of drug-likeness (QED) is 0.588. The molecule has 2 atom stereocenters. The van der Waals surface area contributed by atoms with Crippen molar-refractivity contribution in [1.82, 2.24) is 9.59 Å². The predicted molar refractivity (Wildman–Crippen MR) is 82.4 cm³/mol. The van der Waals surface area contributed by atoms with Gasteiger partial charge in [0.25, 0.3) is 0 Å². The molecule has 0 bridgehead atoms. The Morgan fingerprint density at radius 1 is 1.30 bits per heavy atom. The summed E-state index contributed by atoms with van der Waals surface area (Å²) in [5.74, 6) is 0.736. The molecule has 20 heavy (non-hydrogen) atoms. The van der Waals surface area contributed by atoms with Gasteiger partial charge < -0.3 is 0 Å². The molecule has 3 N–H and O–H groups in total. The molecular formula is C15H29GeN2O2. The maximum absolute atomic E-state index is 11.3. The molecule has 1 aliphatic carbocycles. The summed E-state index contributed by atoms with van der Waals surface area (Å²) in [5.41, 5.74) is 0. The fourth-order valence-electron chi connectivity index (χ4n) is 3.09. The van der Waals surface area contributed by atoms with E-state index in [1.807, 2.05) is 0 Å². The van der Waals surface area contributed by atoms with Crippen molar-refractivity contribution in [2.45, 2.75) is 83.4 Å². The Morgan fingerprint density at radius 3 is 2.50 bits per heavy atom. The number of nitrogens with one attached hydrogen (secondary N) is 2. The van der Waals surface area contributed by atoms with Crippen molar-refractivity contribution in [2.75, 3.05) is 0 Å². The van der Waals surface area contributed by atoms with E-state index in [9.17, 15) is 9.90 Å². The van der Waals surface area contributed by atoms with Crippen LogP contribution in [0.4, 0.5) is 0 Å². The summed E-state index contributed by atoms with van der Waals surface area (Å²) in [6, 6.07) is 0.473. The number of carbonyl (C=O) groups is 1. The second-order valence-corrected chi connectivity index (χ2v) is 6.85. The number of amides is 1. The minimum atomic E-state index is -0.434. The normalized spacial score (nSPS) is 19.9. The number of aliphatic hydroxyl groups excluding tert-OH is 1. The second kappa shape index (κ2) is 9.79. The van der Waals surface area contributed by atoms with Crippen LogP contribution in [0.2, 0.25) is 0 Å². The van der Waals surface area contributed by atoms with Gasteiger partial charge in [-0.05, 0) is 0 Å². The Labute approximate surface area is 131 Å². The Kier molecular flexibility index (Phi) is 8.81. The van der Waals surface area contributed by atoms with Gasteiger partial charge in [-0.2, -0.15) is 0 Å². The van der Waals surface area contributed by atoms with Crippen LogP contribution in [0.1, 0.15) is 65.2 Å². The molecule has 3 radical (unpaired) electrons. The van der Waals surface area contributed by atoms with Crippen LogP contribution in [-0.2, 0) is 4.79 Å². The third-order valence-corrected chi connectivity index (χ3v) is 4.72. The number of rotatable bonds is 8. The third kappa shape index (κ3) is 7.09. The van der Waals surface area contributed by atoms with Gasteiger partial charge in [0.2, 0.25) is 0 Å². The van der Waals surface area contributed by atoms with Crippen LogP contribution in [-0.4, -0.2) is 45.9 Å². The van der Waals surface area contributed by atoms with Gasteiger partial charge >= 0.3 is 131 Å². The van der Waals surface area contributed by atoms with E-state index < -0.39 is 6.10 Å². The van der Waals surface area contributed by atoms with Crippen LogP contribution in [0.5, 0.6) is 0 Å². The van der Waals surface area contributed by atoms with Crippen LogP contribution >= 0.6 is 0 Å². The van der Waals surface area contributed by atoms with Gasteiger partial charge in [0.1, 0.15) is 0 Å². The van der Waals surface area contributed by atoms with E-state index in [1.165, 1.54) is 32.1 Å². The van der Waals surface area contributed by atoms with Crippen molar-refractivity contribution in [3.05, 3.63) is 0 Å². The molecule has 0 heterocycles. The summed E-state index contributed by atoms with van der Waals surface area (Å²) in [5, 5.41) is 13.9. The predicted octanol–water partition coefficient (Wildman–Crippen LogP) is 1.66. The van der Waals surface area contributed by atoms with Crippen molar-refractivity contribution in [3.63, 3.8) is 0 Å². The minimum absolute atomic E-state index is 0.00464. The van der Waals surface area contributed by atoms with Crippen molar-refractivity contribution in [3.8, 4) is 0 Å². The van der Waals surface area contributed by atoms with E-state index in [0.717, 1.165) is 12.3 Å². The molecule has 1 aliphatic rings. The van der Waals surface area contributed by atoms with Crippen LogP contribution in [0, 0.1) is 5.92 Å². The van der Waals surface area contributed by atoms with Crippen LogP contribution < -0.4 is 9.59 Å². The summed E-state index contributed by atoms with van der Waals surface area (Å²) in [6.45, 7) is 4.22. The molecule has 1 rings (SSSR count). The molecule has 1 amide bonds. The number of hydrogen-bond acceptors (Lipinski definition) is 3. The molecule has 5 heteroatoms. The molecule has 4 nitrogen and oxygen atoms in total. The Morgan fingerprint density at radius 2 is 1.95 bits per heavy atom. The molecule has 115 valence electrons. The molecule has 1 saturated carbocycles. The SMILES string of the molecule is CC(C)N[C@@H](CC1CCCCC1)[C@@H](O)CCC(=O)[NH][Ge]. The first-order valence-corrected chi connectivity index (χ1v) is 8.97. The van der Waals surface area contributed by atoms with E-state index in [0.29, 0.717) is 18.9 Å². The molecule has 0 unspecified atom stereocenters. The van der Waals surface area contributed by atoms with Gasteiger partial charge in [-0.15, -0.1) is 0 Å². The summed E-state index contributed by atoms with van der Waals surface area (Å²) < 4.78 is 2.61.